The van der Waals surface area contributed by atoms with Crippen LogP contribution in [0.25, 0.3) is 110 Å². The van der Waals surface area contributed by atoms with Crippen LogP contribution in [0.5, 0.6) is 0 Å². The van der Waals surface area contributed by atoms with Crippen LogP contribution in [-0.2, 0) is 6.42 Å². The highest BCUT2D eigenvalue weighted by Crippen LogP contribution is 2.43. The van der Waals surface area contributed by atoms with E-state index in [-0.39, 0.29) is 0 Å². The summed E-state index contributed by atoms with van der Waals surface area (Å²) in [5.41, 5.74) is 23.8. The lowest BCUT2D eigenvalue weighted by atomic mass is 9.88. The van der Waals surface area contributed by atoms with E-state index in [1.807, 2.05) is 0 Å². The summed E-state index contributed by atoms with van der Waals surface area (Å²) in [7, 11) is 0. The van der Waals surface area contributed by atoms with Crippen LogP contribution in [0.3, 0.4) is 0 Å². The van der Waals surface area contributed by atoms with Crippen molar-refractivity contribution in [1.82, 2.24) is 9.13 Å². The van der Waals surface area contributed by atoms with Crippen molar-refractivity contribution in [2.75, 3.05) is 5.73 Å². The molecule has 2 aromatic heterocycles. The molecular weight excluding hydrogens is 835 g/mol. The van der Waals surface area contributed by atoms with E-state index in [4.69, 9.17) is 5.73 Å². The van der Waals surface area contributed by atoms with Crippen molar-refractivity contribution in [3.63, 3.8) is 0 Å². The van der Waals surface area contributed by atoms with Gasteiger partial charge in [-0.2, -0.15) is 0 Å². The molecule has 0 saturated heterocycles. The standard InChI is InChI=1S/C42H32N2.C24H17N/c1-3-12-29(13-4-1)31-22-24-41-37(26-31)38-27-32(30-14-5-2-6-15-30)23-25-42(38)44(41)34-17-11-16-33(28-34)43-39-20-9-7-18-35(39)36-19-8-10-21-40(36)43;25-24-21-13-5-3-11-19(21)23(20-12-4-6-14-22(20)24)18-15-7-9-16-8-1-2-10-17(16)18/h1,3-5,7,9-18,20-28H,2,6,8,19H2;1-15H,25H2. The van der Waals surface area contributed by atoms with Crippen LogP contribution in [0.2, 0.25) is 0 Å². The number of nitrogens with two attached hydrogens (primary N) is 1. The summed E-state index contributed by atoms with van der Waals surface area (Å²) in [6.45, 7) is 0. The van der Waals surface area contributed by atoms with Crippen molar-refractivity contribution < 1.29 is 0 Å². The number of aryl methyl sites for hydroxylation is 1. The molecule has 14 rings (SSSR count). The van der Waals surface area contributed by atoms with E-state index in [0.717, 1.165) is 42.1 Å². The van der Waals surface area contributed by atoms with Gasteiger partial charge in [-0.1, -0.05) is 182 Å². The third-order valence-electron chi connectivity index (χ3n) is 14.4. The second kappa shape index (κ2) is 16.9. The Hall–Kier alpha value is -8.66. The van der Waals surface area contributed by atoms with Gasteiger partial charge in [-0.05, 0) is 141 Å². The summed E-state index contributed by atoms with van der Waals surface area (Å²) in [6.07, 6.45) is 16.0. The molecule has 0 amide bonds. The smallest absolute Gasteiger partial charge is 0.0541 e. The van der Waals surface area contributed by atoms with Gasteiger partial charge in [0.1, 0.15) is 0 Å². The Morgan fingerprint density at radius 3 is 1.70 bits per heavy atom. The zero-order valence-corrected chi connectivity index (χ0v) is 38.3. The van der Waals surface area contributed by atoms with E-state index < -0.39 is 0 Å². The van der Waals surface area contributed by atoms with E-state index in [2.05, 4.69) is 246 Å². The quantitative estimate of drug-likeness (QED) is 0.136. The fourth-order valence-corrected chi connectivity index (χ4v) is 11.3. The molecule has 2 aliphatic carbocycles. The Kier molecular flexibility index (Phi) is 9.94. The zero-order valence-electron chi connectivity index (χ0n) is 38.3. The number of nitrogens with zero attached hydrogens (tertiary/aromatic N) is 2. The molecule has 0 unspecified atom stereocenters. The van der Waals surface area contributed by atoms with E-state index >= 15 is 0 Å². The van der Waals surface area contributed by atoms with E-state index in [1.165, 1.54) is 110 Å². The van der Waals surface area contributed by atoms with Crippen LogP contribution >= 0.6 is 0 Å². The SMILES string of the molecule is C1=CC(c2ccc3c(c2)c2cc(-c4ccccc4)ccc2n3-c2cccc(-n3c4c(c5ccccc53)CCC=C4)c2)=CCC1.Nc1c2ccccc2c(-c2cccc3ccccc23)c2ccccc12. The lowest BCUT2D eigenvalue weighted by Gasteiger charge is -2.16. The molecule has 2 aliphatic rings. The lowest BCUT2D eigenvalue weighted by Crippen LogP contribution is -2.02. The average Bonchev–Trinajstić information content (AvgIpc) is 3.94. The zero-order chi connectivity index (χ0) is 45.8. The molecule has 328 valence electrons. The van der Waals surface area contributed by atoms with Crippen molar-refractivity contribution >= 4 is 82.4 Å². The number of anilines is 1. The first-order chi connectivity index (χ1) is 34.2. The van der Waals surface area contributed by atoms with E-state index in [0.29, 0.717) is 0 Å². The van der Waals surface area contributed by atoms with Crippen LogP contribution in [0.4, 0.5) is 5.69 Å². The molecule has 0 fully saturated rings. The van der Waals surface area contributed by atoms with Crippen molar-refractivity contribution in [3.8, 4) is 33.6 Å². The number of benzene rings is 10. The molecule has 0 aliphatic heterocycles. The van der Waals surface area contributed by atoms with Crippen LogP contribution < -0.4 is 5.73 Å². The summed E-state index contributed by atoms with van der Waals surface area (Å²) in [4.78, 5) is 0. The number of fused-ring (bicyclic) bond motifs is 9. The summed E-state index contributed by atoms with van der Waals surface area (Å²) in [6, 6.07) is 74.6. The van der Waals surface area contributed by atoms with Gasteiger partial charge in [0.05, 0.1) is 16.6 Å². The van der Waals surface area contributed by atoms with Gasteiger partial charge in [0.25, 0.3) is 0 Å². The monoisotopic (exact) mass is 883 g/mol. The van der Waals surface area contributed by atoms with E-state index in [9.17, 15) is 0 Å². The number of rotatable bonds is 5. The molecule has 3 nitrogen and oxygen atoms in total. The minimum atomic E-state index is 0.857. The average molecular weight is 884 g/mol. The molecule has 2 heterocycles. The number of allylic oxidation sites excluding steroid dienone is 5. The summed E-state index contributed by atoms with van der Waals surface area (Å²) < 4.78 is 4.90. The fraction of sp³-hybridized carbons (Fsp3) is 0.0606. The highest BCUT2D eigenvalue weighted by molar-refractivity contribution is 6.22. The van der Waals surface area contributed by atoms with Gasteiger partial charge < -0.3 is 14.9 Å². The second-order valence-corrected chi connectivity index (χ2v) is 18.4. The van der Waals surface area contributed by atoms with Crippen molar-refractivity contribution in [3.05, 3.63) is 247 Å². The molecule has 0 atom stereocenters. The summed E-state index contributed by atoms with van der Waals surface area (Å²) in [5.74, 6) is 0. The minimum absolute atomic E-state index is 0.857. The fourth-order valence-electron chi connectivity index (χ4n) is 11.3. The first kappa shape index (κ1) is 40.6. The summed E-state index contributed by atoms with van der Waals surface area (Å²) in [5, 5.41) is 11.1. The number of aromatic nitrogens is 2. The third kappa shape index (κ3) is 6.88. The molecule has 3 heteroatoms. The van der Waals surface area contributed by atoms with Crippen LogP contribution in [0, 0.1) is 0 Å². The molecule has 2 N–H and O–H groups in total. The maximum Gasteiger partial charge on any atom is 0.0541 e. The van der Waals surface area contributed by atoms with Crippen LogP contribution in [0.15, 0.2) is 231 Å². The predicted octanol–water partition coefficient (Wildman–Crippen LogP) is 17.5. The third-order valence-corrected chi connectivity index (χ3v) is 14.4. The van der Waals surface area contributed by atoms with Gasteiger partial charge in [-0.3, -0.25) is 0 Å². The first-order valence-corrected chi connectivity index (χ1v) is 24.3. The highest BCUT2D eigenvalue weighted by atomic mass is 15.0. The molecule has 69 heavy (non-hydrogen) atoms. The molecule has 12 aromatic rings. The van der Waals surface area contributed by atoms with Crippen LogP contribution in [-0.4, -0.2) is 9.13 Å². The number of hydrogen-bond acceptors (Lipinski definition) is 1. The topological polar surface area (TPSA) is 35.9 Å². The normalized spacial score (nSPS) is 13.3. The van der Waals surface area contributed by atoms with Gasteiger partial charge in [-0.25, -0.2) is 0 Å². The van der Waals surface area contributed by atoms with Crippen molar-refractivity contribution in [1.29, 1.82) is 0 Å². The predicted molar refractivity (Wildman–Crippen MR) is 296 cm³/mol. The number of nitrogen functional groups attached to an aromatic ring is 1. The molecular formula is C66H49N3. The lowest BCUT2D eigenvalue weighted by molar-refractivity contribution is 0.966. The second-order valence-electron chi connectivity index (χ2n) is 18.4. The van der Waals surface area contributed by atoms with Gasteiger partial charge >= 0.3 is 0 Å². The molecule has 0 bridgehead atoms. The van der Waals surface area contributed by atoms with Crippen LogP contribution in [0.1, 0.15) is 36.1 Å². The maximum atomic E-state index is 6.51. The van der Waals surface area contributed by atoms with Gasteiger partial charge in [-0.15, -0.1) is 0 Å². The number of hydrogen-bond donors (Lipinski definition) is 1. The van der Waals surface area contributed by atoms with E-state index in [1.54, 1.807) is 0 Å². The maximum absolute atomic E-state index is 6.51. The Morgan fingerprint density at radius 1 is 0.377 bits per heavy atom. The largest absolute Gasteiger partial charge is 0.398 e. The Labute approximate surface area is 402 Å². The Bertz CT molecular complexity index is 4020. The van der Waals surface area contributed by atoms with Gasteiger partial charge in [0.15, 0.2) is 0 Å². The molecule has 0 saturated carbocycles. The Morgan fingerprint density at radius 2 is 0.957 bits per heavy atom. The van der Waals surface area contributed by atoms with Crippen molar-refractivity contribution in [2.45, 2.75) is 25.7 Å². The van der Waals surface area contributed by atoms with Gasteiger partial charge in [0.2, 0.25) is 0 Å². The highest BCUT2D eigenvalue weighted by Gasteiger charge is 2.21. The summed E-state index contributed by atoms with van der Waals surface area (Å²) >= 11 is 0. The first-order valence-electron chi connectivity index (χ1n) is 24.3. The molecule has 10 aromatic carbocycles. The molecule has 0 spiro atoms. The van der Waals surface area contributed by atoms with Gasteiger partial charge in [0, 0.05) is 49.7 Å². The number of para-hydroxylation sites is 1. The minimum Gasteiger partial charge on any atom is -0.398 e. The molecule has 0 radical (unpaired) electrons. The van der Waals surface area contributed by atoms with Crippen molar-refractivity contribution in [2.24, 2.45) is 0 Å². The Balaban J connectivity index is 0.000000158.